The van der Waals surface area contributed by atoms with Crippen LogP contribution in [0.4, 0.5) is 0 Å². The number of halogens is 1. The zero-order chi connectivity index (χ0) is 13.8. The summed E-state index contributed by atoms with van der Waals surface area (Å²) in [5, 5.41) is 14.4. The van der Waals surface area contributed by atoms with Gasteiger partial charge in [-0.1, -0.05) is 15.9 Å². The van der Waals surface area contributed by atoms with Gasteiger partial charge in [0.1, 0.15) is 5.75 Å². The van der Waals surface area contributed by atoms with Crippen LogP contribution in [-0.4, -0.2) is 22.0 Å². The Balaban J connectivity index is 2.09. The maximum absolute atomic E-state index is 10.3. The van der Waals surface area contributed by atoms with E-state index in [0.717, 1.165) is 22.2 Å². The summed E-state index contributed by atoms with van der Waals surface area (Å²) in [4.78, 5) is 0. The lowest BCUT2D eigenvalue weighted by Gasteiger charge is -2.15. The molecule has 102 valence electrons. The Kier molecular flexibility index (Phi) is 4.61. The first-order valence-electron chi connectivity index (χ1n) is 6.10. The highest BCUT2D eigenvalue weighted by molar-refractivity contribution is 9.10. The molecule has 0 radical (unpaired) electrons. The van der Waals surface area contributed by atoms with E-state index in [1.165, 1.54) is 0 Å². The topological polar surface area (TPSA) is 47.3 Å². The third-order valence-corrected chi connectivity index (χ3v) is 3.64. The van der Waals surface area contributed by atoms with Crippen molar-refractivity contribution in [2.24, 2.45) is 7.05 Å². The molecular weight excluding hydrogens is 308 g/mol. The minimum absolute atomic E-state index is 0.553. The average molecular weight is 325 g/mol. The number of methoxy groups -OCH3 is 1. The van der Waals surface area contributed by atoms with E-state index in [4.69, 9.17) is 4.74 Å². The van der Waals surface area contributed by atoms with Crippen molar-refractivity contribution in [1.29, 1.82) is 0 Å². The van der Waals surface area contributed by atoms with Gasteiger partial charge in [0.25, 0.3) is 0 Å². The third-order valence-electron chi connectivity index (χ3n) is 3.15. The second kappa shape index (κ2) is 6.21. The summed E-state index contributed by atoms with van der Waals surface area (Å²) in [6.07, 6.45) is 2.61. The molecule has 0 fully saturated rings. The van der Waals surface area contributed by atoms with Gasteiger partial charge in [0.05, 0.1) is 13.2 Å². The smallest absolute Gasteiger partial charge is 0.124 e. The van der Waals surface area contributed by atoms with Gasteiger partial charge in [-0.2, -0.15) is 5.10 Å². The highest BCUT2D eigenvalue weighted by atomic mass is 79.9. The molecule has 0 bridgehead atoms. The molecule has 1 N–H and O–H groups in total. The van der Waals surface area contributed by atoms with Gasteiger partial charge in [0.15, 0.2) is 0 Å². The molecule has 2 rings (SSSR count). The lowest BCUT2D eigenvalue weighted by Crippen LogP contribution is -2.05. The monoisotopic (exact) mass is 324 g/mol. The average Bonchev–Trinajstić information content (AvgIpc) is 2.81. The molecule has 1 unspecified atom stereocenters. The second-order valence-corrected chi connectivity index (χ2v) is 5.30. The Bertz CT molecular complexity index is 554. The lowest BCUT2D eigenvalue weighted by molar-refractivity contribution is 0.163. The van der Waals surface area contributed by atoms with Crippen LogP contribution < -0.4 is 4.74 Å². The summed E-state index contributed by atoms with van der Waals surface area (Å²) in [7, 11) is 3.52. The van der Waals surface area contributed by atoms with Crippen molar-refractivity contribution in [2.45, 2.75) is 18.9 Å². The highest BCUT2D eigenvalue weighted by Gasteiger charge is 2.14. The third kappa shape index (κ3) is 3.36. The second-order valence-electron chi connectivity index (χ2n) is 4.39. The van der Waals surface area contributed by atoms with Crippen LogP contribution in [0.5, 0.6) is 5.75 Å². The van der Waals surface area contributed by atoms with E-state index in [0.29, 0.717) is 12.2 Å². The van der Waals surface area contributed by atoms with E-state index in [1.54, 1.807) is 13.3 Å². The number of nitrogens with zero attached hydrogens (tertiary/aromatic N) is 2. The van der Waals surface area contributed by atoms with E-state index in [2.05, 4.69) is 21.0 Å². The predicted octanol–water partition coefficient (Wildman–Crippen LogP) is 2.86. The SMILES string of the molecule is COc1ccc(Br)cc1C(O)CCc1ccnn1C. The molecule has 0 aliphatic heterocycles. The van der Waals surface area contributed by atoms with Gasteiger partial charge in [-0.25, -0.2) is 0 Å². The predicted molar refractivity (Wildman–Crippen MR) is 77.2 cm³/mol. The summed E-state index contributed by atoms with van der Waals surface area (Å²) in [6.45, 7) is 0. The van der Waals surface area contributed by atoms with Crippen LogP contribution in [0.15, 0.2) is 34.9 Å². The zero-order valence-electron chi connectivity index (χ0n) is 11.0. The largest absolute Gasteiger partial charge is 0.496 e. The van der Waals surface area contributed by atoms with Crippen molar-refractivity contribution < 1.29 is 9.84 Å². The first-order valence-corrected chi connectivity index (χ1v) is 6.89. The fraction of sp³-hybridized carbons (Fsp3) is 0.357. The molecule has 0 amide bonds. The molecule has 1 aromatic carbocycles. The van der Waals surface area contributed by atoms with E-state index >= 15 is 0 Å². The van der Waals surface area contributed by atoms with Crippen LogP contribution in [-0.2, 0) is 13.5 Å². The maximum atomic E-state index is 10.3. The van der Waals surface area contributed by atoms with Crippen LogP contribution in [0.25, 0.3) is 0 Å². The molecule has 0 spiro atoms. The molecule has 0 saturated heterocycles. The number of hydrogen-bond acceptors (Lipinski definition) is 3. The summed E-state index contributed by atoms with van der Waals surface area (Å²) in [5.74, 6) is 0.709. The van der Waals surface area contributed by atoms with Gasteiger partial charge >= 0.3 is 0 Å². The number of ether oxygens (including phenoxy) is 1. The molecule has 1 heterocycles. The fourth-order valence-electron chi connectivity index (χ4n) is 2.05. The van der Waals surface area contributed by atoms with Crippen molar-refractivity contribution in [3.63, 3.8) is 0 Å². The number of aromatic nitrogens is 2. The van der Waals surface area contributed by atoms with E-state index in [9.17, 15) is 5.11 Å². The van der Waals surface area contributed by atoms with Crippen molar-refractivity contribution in [3.8, 4) is 5.75 Å². The minimum Gasteiger partial charge on any atom is -0.496 e. The van der Waals surface area contributed by atoms with Crippen LogP contribution in [0.3, 0.4) is 0 Å². The number of aliphatic hydroxyl groups is 1. The van der Waals surface area contributed by atoms with Crippen molar-refractivity contribution in [3.05, 3.63) is 46.2 Å². The fourth-order valence-corrected chi connectivity index (χ4v) is 2.43. The Morgan fingerprint density at radius 2 is 2.21 bits per heavy atom. The first kappa shape index (κ1) is 14.1. The van der Waals surface area contributed by atoms with Gasteiger partial charge in [-0.05, 0) is 37.1 Å². The van der Waals surface area contributed by atoms with E-state index in [1.807, 2.05) is 36.0 Å². The minimum atomic E-state index is -0.553. The number of rotatable bonds is 5. The first-order chi connectivity index (χ1) is 9.11. The highest BCUT2D eigenvalue weighted by Crippen LogP contribution is 2.30. The Labute approximate surface area is 121 Å². The molecular formula is C14H17BrN2O2. The van der Waals surface area contributed by atoms with Crippen LogP contribution in [0.1, 0.15) is 23.8 Å². The maximum Gasteiger partial charge on any atom is 0.124 e. The van der Waals surface area contributed by atoms with Gasteiger partial charge in [-0.3, -0.25) is 4.68 Å². The lowest BCUT2D eigenvalue weighted by atomic mass is 10.0. The van der Waals surface area contributed by atoms with Crippen LogP contribution in [0.2, 0.25) is 0 Å². The molecule has 0 aliphatic carbocycles. The summed E-state index contributed by atoms with van der Waals surface area (Å²) in [6, 6.07) is 7.61. The molecule has 4 nitrogen and oxygen atoms in total. The van der Waals surface area contributed by atoms with E-state index in [-0.39, 0.29) is 0 Å². The summed E-state index contributed by atoms with van der Waals surface area (Å²) in [5.41, 5.74) is 1.91. The Morgan fingerprint density at radius 3 is 2.84 bits per heavy atom. The Morgan fingerprint density at radius 1 is 1.42 bits per heavy atom. The number of aliphatic hydroxyl groups excluding tert-OH is 1. The molecule has 19 heavy (non-hydrogen) atoms. The van der Waals surface area contributed by atoms with Crippen molar-refractivity contribution in [1.82, 2.24) is 9.78 Å². The van der Waals surface area contributed by atoms with Crippen molar-refractivity contribution in [2.75, 3.05) is 7.11 Å². The zero-order valence-corrected chi connectivity index (χ0v) is 12.6. The number of aryl methyl sites for hydroxylation is 2. The van der Waals surface area contributed by atoms with E-state index < -0.39 is 6.10 Å². The van der Waals surface area contributed by atoms with Crippen LogP contribution in [0, 0.1) is 0 Å². The van der Waals surface area contributed by atoms with Gasteiger partial charge in [0.2, 0.25) is 0 Å². The molecule has 1 aromatic heterocycles. The molecule has 5 heteroatoms. The quantitative estimate of drug-likeness (QED) is 0.919. The molecule has 0 aliphatic rings. The van der Waals surface area contributed by atoms with Crippen molar-refractivity contribution >= 4 is 15.9 Å². The molecule has 0 saturated carbocycles. The molecule has 1 atom stereocenters. The van der Waals surface area contributed by atoms with Gasteiger partial charge in [0, 0.05) is 29.0 Å². The summed E-state index contributed by atoms with van der Waals surface area (Å²) >= 11 is 3.41. The van der Waals surface area contributed by atoms with Crippen LogP contribution >= 0.6 is 15.9 Å². The normalized spacial score (nSPS) is 12.4. The number of hydrogen-bond donors (Lipinski definition) is 1. The standard InChI is InChI=1S/C14H17BrN2O2/c1-17-11(7-8-16-17)4-5-13(18)12-9-10(15)3-6-14(12)19-2/h3,6-9,13,18H,4-5H2,1-2H3. The molecule has 2 aromatic rings. The van der Waals surface area contributed by atoms with Gasteiger partial charge < -0.3 is 9.84 Å². The number of benzene rings is 1. The Hall–Kier alpha value is -1.33. The van der Waals surface area contributed by atoms with Gasteiger partial charge in [-0.15, -0.1) is 0 Å². The summed E-state index contributed by atoms with van der Waals surface area (Å²) < 4.78 is 8.04.